The topological polar surface area (TPSA) is 15.7 Å². The number of hydrogen-bond acceptors (Lipinski definition) is 3. The molecule has 2 heterocycles. The number of morpholine rings is 1. The van der Waals surface area contributed by atoms with Gasteiger partial charge in [-0.1, -0.05) is 18.2 Å². The molecule has 0 saturated carbocycles. The molecule has 0 aromatic heterocycles. The number of likely N-dealkylation sites (tertiary alicyclic amines) is 1. The molecule has 0 aliphatic carbocycles. The van der Waals surface area contributed by atoms with Crippen LogP contribution in [0.3, 0.4) is 0 Å². The number of halogens is 3. The standard InChI is InChI=1S/C19H27F3N2O/c20-19(21,22)18-3-1-2-17(14-18)15-24-8-5-16(6-9-24)4-7-23-10-12-25-13-11-23/h1-3,14,16H,4-13,15H2. The van der Waals surface area contributed by atoms with E-state index in [4.69, 9.17) is 4.74 Å². The maximum Gasteiger partial charge on any atom is 0.416 e. The Balaban J connectivity index is 1.42. The second-order valence-corrected chi connectivity index (χ2v) is 7.16. The summed E-state index contributed by atoms with van der Waals surface area (Å²) in [5, 5.41) is 0. The lowest BCUT2D eigenvalue weighted by atomic mass is 9.93. The van der Waals surface area contributed by atoms with Gasteiger partial charge in [-0.15, -0.1) is 0 Å². The Labute approximate surface area is 147 Å². The lowest BCUT2D eigenvalue weighted by Gasteiger charge is -2.34. The van der Waals surface area contributed by atoms with Crippen LogP contribution >= 0.6 is 0 Å². The maximum atomic E-state index is 12.8. The van der Waals surface area contributed by atoms with E-state index in [2.05, 4.69) is 9.80 Å². The van der Waals surface area contributed by atoms with Crippen molar-refractivity contribution in [3.63, 3.8) is 0 Å². The smallest absolute Gasteiger partial charge is 0.379 e. The highest BCUT2D eigenvalue weighted by Gasteiger charge is 2.30. The summed E-state index contributed by atoms with van der Waals surface area (Å²) < 4.78 is 43.8. The summed E-state index contributed by atoms with van der Waals surface area (Å²) in [4.78, 5) is 4.75. The molecule has 1 aromatic rings. The van der Waals surface area contributed by atoms with E-state index in [9.17, 15) is 13.2 Å². The molecule has 0 spiro atoms. The number of nitrogens with zero attached hydrogens (tertiary/aromatic N) is 2. The first-order chi connectivity index (χ1) is 12.0. The molecule has 0 atom stereocenters. The third-order valence-corrected chi connectivity index (χ3v) is 5.32. The molecule has 0 N–H and O–H groups in total. The minimum absolute atomic E-state index is 0.551. The van der Waals surface area contributed by atoms with Crippen LogP contribution in [0.1, 0.15) is 30.4 Å². The third-order valence-electron chi connectivity index (χ3n) is 5.32. The maximum absolute atomic E-state index is 12.8. The molecule has 0 unspecified atom stereocenters. The van der Waals surface area contributed by atoms with Crippen molar-refractivity contribution in [3.05, 3.63) is 35.4 Å². The summed E-state index contributed by atoms with van der Waals surface area (Å²) in [6.45, 7) is 7.46. The van der Waals surface area contributed by atoms with Crippen LogP contribution in [0, 0.1) is 5.92 Å². The molecule has 2 aliphatic rings. The first-order valence-electron chi connectivity index (χ1n) is 9.19. The van der Waals surface area contributed by atoms with Gasteiger partial charge in [0, 0.05) is 19.6 Å². The van der Waals surface area contributed by atoms with Crippen molar-refractivity contribution in [2.75, 3.05) is 45.9 Å². The molecule has 2 fully saturated rings. The molecule has 1 aromatic carbocycles. The number of alkyl halides is 3. The summed E-state index contributed by atoms with van der Waals surface area (Å²) in [6.07, 6.45) is -0.757. The number of ether oxygens (including phenoxy) is 1. The minimum atomic E-state index is -4.26. The molecule has 6 heteroatoms. The Morgan fingerprint density at radius 2 is 1.72 bits per heavy atom. The van der Waals surface area contributed by atoms with Crippen LogP contribution in [0.2, 0.25) is 0 Å². The average Bonchev–Trinajstić information content (AvgIpc) is 2.62. The van der Waals surface area contributed by atoms with Crippen molar-refractivity contribution in [2.45, 2.75) is 32.0 Å². The van der Waals surface area contributed by atoms with Gasteiger partial charge in [-0.25, -0.2) is 0 Å². The van der Waals surface area contributed by atoms with Gasteiger partial charge >= 0.3 is 6.18 Å². The quantitative estimate of drug-likeness (QED) is 0.801. The summed E-state index contributed by atoms with van der Waals surface area (Å²) in [5.41, 5.74) is 0.201. The first kappa shape index (κ1) is 18.7. The van der Waals surface area contributed by atoms with Crippen molar-refractivity contribution in [3.8, 4) is 0 Å². The number of hydrogen-bond donors (Lipinski definition) is 0. The Morgan fingerprint density at radius 3 is 2.40 bits per heavy atom. The van der Waals surface area contributed by atoms with Gasteiger partial charge in [-0.3, -0.25) is 9.80 Å². The molecule has 0 radical (unpaired) electrons. The molecule has 3 nitrogen and oxygen atoms in total. The molecule has 25 heavy (non-hydrogen) atoms. The van der Waals surface area contributed by atoms with E-state index >= 15 is 0 Å². The van der Waals surface area contributed by atoms with E-state index in [1.807, 2.05) is 0 Å². The summed E-state index contributed by atoms with van der Waals surface area (Å²) >= 11 is 0. The van der Waals surface area contributed by atoms with E-state index in [0.29, 0.717) is 6.54 Å². The van der Waals surface area contributed by atoms with Gasteiger partial charge in [-0.2, -0.15) is 13.2 Å². The van der Waals surface area contributed by atoms with E-state index < -0.39 is 11.7 Å². The molecular formula is C19H27F3N2O. The largest absolute Gasteiger partial charge is 0.416 e. The Morgan fingerprint density at radius 1 is 1.00 bits per heavy atom. The van der Waals surface area contributed by atoms with Crippen molar-refractivity contribution in [1.29, 1.82) is 0 Å². The molecule has 2 aliphatic heterocycles. The van der Waals surface area contributed by atoms with Crippen LogP contribution in [0.5, 0.6) is 0 Å². The van der Waals surface area contributed by atoms with Gasteiger partial charge in [0.15, 0.2) is 0 Å². The van der Waals surface area contributed by atoms with Crippen molar-refractivity contribution < 1.29 is 17.9 Å². The predicted octanol–water partition coefficient (Wildman–Crippen LogP) is 3.64. The summed E-state index contributed by atoms with van der Waals surface area (Å²) in [5.74, 6) is 0.737. The zero-order chi connectivity index (χ0) is 17.7. The van der Waals surface area contributed by atoms with Gasteiger partial charge in [0.25, 0.3) is 0 Å². The van der Waals surface area contributed by atoms with E-state index in [0.717, 1.165) is 76.3 Å². The molecule has 0 bridgehead atoms. The molecule has 140 valence electrons. The minimum Gasteiger partial charge on any atom is -0.379 e. The highest BCUT2D eigenvalue weighted by molar-refractivity contribution is 5.25. The Bertz CT molecular complexity index is 536. The van der Waals surface area contributed by atoms with E-state index in [1.54, 1.807) is 6.07 Å². The van der Waals surface area contributed by atoms with E-state index in [-0.39, 0.29) is 0 Å². The molecular weight excluding hydrogens is 329 g/mol. The zero-order valence-corrected chi connectivity index (χ0v) is 14.6. The fourth-order valence-electron chi connectivity index (χ4n) is 3.73. The molecule has 2 saturated heterocycles. The van der Waals surface area contributed by atoms with E-state index in [1.165, 1.54) is 18.6 Å². The fourth-order valence-corrected chi connectivity index (χ4v) is 3.73. The number of rotatable bonds is 5. The van der Waals surface area contributed by atoms with Gasteiger partial charge in [0.05, 0.1) is 18.8 Å². The van der Waals surface area contributed by atoms with Crippen molar-refractivity contribution in [2.24, 2.45) is 5.92 Å². The SMILES string of the molecule is FC(F)(F)c1cccc(CN2CCC(CCN3CCOCC3)CC2)c1. The van der Waals surface area contributed by atoms with Crippen molar-refractivity contribution in [1.82, 2.24) is 9.80 Å². The summed E-state index contributed by atoms with van der Waals surface area (Å²) in [6, 6.07) is 5.72. The second kappa shape index (κ2) is 8.52. The van der Waals surface area contributed by atoms with Crippen LogP contribution in [-0.4, -0.2) is 55.7 Å². The lowest BCUT2D eigenvalue weighted by molar-refractivity contribution is -0.137. The Hall–Kier alpha value is -1.11. The highest BCUT2D eigenvalue weighted by atomic mass is 19.4. The third kappa shape index (κ3) is 5.69. The fraction of sp³-hybridized carbons (Fsp3) is 0.684. The average molecular weight is 356 g/mol. The van der Waals surface area contributed by atoms with Gasteiger partial charge in [0.2, 0.25) is 0 Å². The number of benzene rings is 1. The summed E-state index contributed by atoms with van der Waals surface area (Å²) in [7, 11) is 0. The monoisotopic (exact) mass is 356 g/mol. The van der Waals surface area contributed by atoms with Crippen molar-refractivity contribution >= 4 is 0 Å². The van der Waals surface area contributed by atoms with Gasteiger partial charge in [-0.05, 0) is 56.4 Å². The van der Waals surface area contributed by atoms with Crippen LogP contribution in [0.15, 0.2) is 24.3 Å². The Kier molecular flexibility index (Phi) is 6.36. The highest BCUT2D eigenvalue weighted by Crippen LogP contribution is 2.30. The molecule has 0 amide bonds. The normalized spacial score (nSPS) is 21.6. The van der Waals surface area contributed by atoms with Crippen LogP contribution in [-0.2, 0) is 17.5 Å². The predicted molar refractivity (Wildman–Crippen MR) is 91.3 cm³/mol. The van der Waals surface area contributed by atoms with Gasteiger partial charge in [0.1, 0.15) is 0 Å². The van der Waals surface area contributed by atoms with Crippen LogP contribution < -0.4 is 0 Å². The first-order valence-corrected chi connectivity index (χ1v) is 9.19. The zero-order valence-electron chi connectivity index (χ0n) is 14.6. The lowest BCUT2D eigenvalue weighted by Crippen LogP contribution is -2.39. The van der Waals surface area contributed by atoms with Crippen LogP contribution in [0.25, 0.3) is 0 Å². The van der Waals surface area contributed by atoms with Gasteiger partial charge < -0.3 is 4.74 Å². The van der Waals surface area contributed by atoms with Crippen LogP contribution in [0.4, 0.5) is 13.2 Å². The molecule has 3 rings (SSSR count). The second-order valence-electron chi connectivity index (χ2n) is 7.16. The number of piperidine rings is 1.